The van der Waals surface area contributed by atoms with Crippen molar-refractivity contribution in [1.82, 2.24) is 5.48 Å². The number of nitrogens with one attached hydrogen (secondary N) is 1. The van der Waals surface area contributed by atoms with Gasteiger partial charge in [-0.15, -0.1) is 0 Å². The quantitative estimate of drug-likeness (QED) is 0.739. The third-order valence-corrected chi connectivity index (χ3v) is 2.69. The lowest BCUT2D eigenvalue weighted by Gasteiger charge is -2.11. The third-order valence-electron chi connectivity index (χ3n) is 2.69. The molecule has 2 nitrogen and oxygen atoms in total. The largest absolute Gasteiger partial charge is 0.297 e. The minimum Gasteiger partial charge on any atom is -0.297 e. The summed E-state index contributed by atoms with van der Waals surface area (Å²) in [5, 5.41) is 0. The van der Waals surface area contributed by atoms with E-state index >= 15 is 0 Å². The molecule has 0 spiro atoms. The molecule has 0 heterocycles. The van der Waals surface area contributed by atoms with Crippen LogP contribution in [0.15, 0.2) is 30.3 Å². The summed E-state index contributed by atoms with van der Waals surface area (Å²) in [5.41, 5.74) is 4.35. The Morgan fingerprint density at radius 1 is 1.14 bits per heavy atom. The summed E-state index contributed by atoms with van der Waals surface area (Å²) in [4.78, 5) is 5.45. The molecule has 1 saturated carbocycles. The van der Waals surface area contributed by atoms with Gasteiger partial charge in [0.05, 0.1) is 6.61 Å². The summed E-state index contributed by atoms with van der Waals surface area (Å²) >= 11 is 0. The summed E-state index contributed by atoms with van der Waals surface area (Å²) in [7, 11) is 0. The van der Waals surface area contributed by atoms with Crippen molar-refractivity contribution in [3.8, 4) is 0 Å². The molecule has 1 aromatic carbocycles. The van der Waals surface area contributed by atoms with Crippen LogP contribution in [0.1, 0.15) is 31.2 Å². The molecule has 0 amide bonds. The van der Waals surface area contributed by atoms with Crippen molar-refractivity contribution < 1.29 is 4.84 Å². The standard InChI is InChI=1S/C12H17NO/c1-2-6-11(7-3-1)10-14-13-12-8-4-5-9-12/h1-3,6-7,12-13H,4-5,8-10H2. The van der Waals surface area contributed by atoms with Crippen LogP contribution in [-0.2, 0) is 11.4 Å². The molecule has 0 aromatic heterocycles. The first kappa shape index (κ1) is 9.69. The van der Waals surface area contributed by atoms with Crippen LogP contribution < -0.4 is 5.48 Å². The number of benzene rings is 1. The molecule has 14 heavy (non-hydrogen) atoms. The zero-order chi connectivity index (χ0) is 9.64. The molecule has 0 atom stereocenters. The van der Waals surface area contributed by atoms with Crippen LogP contribution >= 0.6 is 0 Å². The van der Waals surface area contributed by atoms with Crippen LogP contribution in [0.3, 0.4) is 0 Å². The first-order valence-corrected chi connectivity index (χ1v) is 5.36. The fourth-order valence-corrected chi connectivity index (χ4v) is 1.86. The molecule has 76 valence electrons. The van der Waals surface area contributed by atoms with Gasteiger partial charge in [-0.3, -0.25) is 4.84 Å². The van der Waals surface area contributed by atoms with Crippen molar-refractivity contribution in [2.24, 2.45) is 0 Å². The molecule has 1 aliphatic carbocycles. The van der Waals surface area contributed by atoms with Gasteiger partial charge in [0, 0.05) is 6.04 Å². The van der Waals surface area contributed by atoms with Crippen LogP contribution in [0.4, 0.5) is 0 Å². The van der Waals surface area contributed by atoms with Crippen LogP contribution in [0.2, 0.25) is 0 Å². The monoisotopic (exact) mass is 191 g/mol. The fraction of sp³-hybridized carbons (Fsp3) is 0.500. The maximum absolute atomic E-state index is 5.45. The first-order valence-electron chi connectivity index (χ1n) is 5.36. The molecule has 1 fully saturated rings. The molecule has 2 rings (SSSR count). The molecule has 0 aliphatic heterocycles. The fourth-order valence-electron chi connectivity index (χ4n) is 1.86. The predicted molar refractivity (Wildman–Crippen MR) is 56.6 cm³/mol. The van der Waals surface area contributed by atoms with E-state index in [1.54, 1.807) is 0 Å². The zero-order valence-electron chi connectivity index (χ0n) is 8.41. The van der Waals surface area contributed by atoms with Gasteiger partial charge in [-0.1, -0.05) is 43.2 Å². The minimum atomic E-state index is 0.582. The zero-order valence-corrected chi connectivity index (χ0v) is 8.41. The molecule has 0 bridgehead atoms. The lowest BCUT2D eigenvalue weighted by Crippen LogP contribution is -2.25. The average Bonchev–Trinajstić information content (AvgIpc) is 2.72. The Balaban J connectivity index is 1.67. The second-order valence-electron chi connectivity index (χ2n) is 3.87. The molecule has 0 unspecified atom stereocenters. The highest BCUT2D eigenvalue weighted by molar-refractivity contribution is 5.13. The minimum absolute atomic E-state index is 0.582. The molecule has 0 saturated heterocycles. The third kappa shape index (κ3) is 2.82. The van der Waals surface area contributed by atoms with Gasteiger partial charge in [0.1, 0.15) is 0 Å². The first-order chi connectivity index (χ1) is 6.95. The van der Waals surface area contributed by atoms with Crippen LogP contribution in [0.5, 0.6) is 0 Å². The van der Waals surface area contributed by atoms with E-state index in [9.17, 15) is 0 Å². The van der Waals surface area contributed by atoms with Gasteiger partial charge < -0.3 is 0 Å². The highest BCUT2D eigenvalue weighted by Gasteiger charge is 2.13. The van der Waals surface area contributed by atoms with Crippen molar-refractivity contribution in [2.75, 3.05) is 0 Å². The van der Waals surface area contributed by atoms with E-state index in [1.165, 1.54) is 31.2 Å². The van der Waals surface area contributed by atoms with E-state index in [4.69, 9.17) is 4.84 Å². The van der Waals surface area contributed by atoms with Crippen LogP contribution in [0.25, 0.3) is 0 Å². The van der Waals surface area contributed by atoms with Gasteiger partial charge in [0.25, 0.3) is 0 Å². The van der Waals surface area contributed by atoms with E-state index < -0.39 is 0 Å². The van der Waals surface area contributed by atoms with Crippen LogP contribution in [0, 0.1) is 0 Å². The Bertz CT molecular complexity index is 254. The second-order valence-corrected chi connectivity index (χ2v) is 3.87. The molecular formula is C12H17NO. The summed E-state index contributed by atoms with van der Waals surface area (Å²) in [6.45, 7) is 0.664. The highest BCUT2D eigenvalue weighted by atomic mass is 16.6. The maximum Gasteiger partial charge on any atom is 0.0933 e. The smallest absolute Gasteiger partial charge is 0.0933 e. The lowest BCUT2D eigenvalue weighted by atomic mass is 10.2. The van der Waals surface area contributed by atoms with Gasteiger partial charge in [-0.2, -0.15) is 5.48 Å². The normalized spacial score (nSPS) is 17.4. The van der Waals surface area contributed by atoms with Crippen molar-refractivity contribution in [3.05, 3.63) is 35.9 Å². The summed E-state index contributed by atoms with van der Waals surface area (Å²) < 4.78 is 0. The molecule has 0 radical (unpaired) electrons. The van der Waals surface area contributed by atoms with Crippen molar-refractivity contribution in [3.63, 3.8) is 0 Å². The summed E-state index contributed by atoms with van der Waals surface area (Å²) in [6.07, 6.45) is 5.20. The van der Waals surface area contributed by atoms with E-state index in [2.05, 4.69) is 17.6 Å². The Hall–Kier alpha value is -0.860. The van der Waals surface area contributed by atoms with Gasteiger partial charge in [0.15, 0.2) is 0 Å². The average molecular weight is 191 g/mol. The van der Waals surface area contributed by atoms with E-state index in [0.29, 0.717) is 12.6 Å². The van der Waals surface area contributed by atoms with Crippen molar-refractivity contribution >= 4 is 0 Å². The molecule has 2 heteroatoms. The number of rotatable bonds is 4. The Kier molecular flexibility index (Phi) is 3.55. The van der Waals surface area contributed by atoms with E-state index in [0.717, 1.165) is 0 Å². The lowest BCUT2D eigenvalue weighted by molar-refractivity contribution is 0.00510. The van der Waals surface area contributed by atoms with Crippen molar-refractivity contribution in [2.45, 2.75) is 38.3 Å². The van der Waals surface area contributed by atoms with E-state index in [1.807, 2.05) is 18.2 Å². The second kappa shape index (κ2) is 5.13. The Morgan fingerprint density at radius 2 is 1.86 bits per heavy atom. The Labute approximate surface area is 85.2 Å². The van der Waals surface area contributed by atoms with E-state index in [-0.39, 0.29) is 0 Å². The number of hydroxylamine groups is 1. The van der Waals surface area contributed by atoms with Crippen LogP contribution in [-0.4, -0.2) is 6.04 Å². The predicted octanol–water partition coefficient (Wildman–Crippen LogP) is 2.65. The SMILES string of the molecule is c1ccc(CONC2CCCC2)cc1. The van der Waals surface area contributed by atoms with Gasteiger partial charge in [-0.25, -0.2) is 0 Å². The topological polar surface area (TPSA) is 21.3 Å². The number of hydrogen-bond acceptors (Lipinski definition) is 2. The van der Waals surface area contributed by atoms with Gasteiger partial charge in [0.2, 0.25) is 0 Å². The van der Waals surface area contributed by atoms with Crippen molar-refractivity contribution in [1.29, 1.82) is 0 Å². The Morgan fingerprint density at radius 3 is 2.57 bits per heavy atom. The summed E-state index contributed by atoms with van der Waals surface area (Å²) in [6, 6.07) is 10.8. The molecule has 1 aromatic rings. The molecule has 1 N–H and O–H groups in total. The molecular weight excluding hydrogens is 174 g/mol. The molecule has 1 aliphatic rings. The van der Waals surface area contributed by atoms with Gasteiger partial charge >= 0.3 is 0 Å². The summed E-state index contributed by atoms with van der Waals surface area (Å²) in [5.74, 6) is 0. The number of hydrogen-bond donors (Lipinski definition) is 1. The van der Waals surface area contributed by atoms with Gasteiger partial charge in [-0.05, 0) is 18.4 Å². The highest BCUT2D eigenvalue weighted by Crippen LogP contribution is 2.17. The maximum atomic E-state index is 5.45.